The number of nitrogens with one attached hydrogen (secondary N) is 2. The fraction of sp³-hybridized carbons (Fsp3) is 0.562. The van der Waals surface area contributed by atoms with Crippen LogP contribution in [0.2, 0.25) is 5.02 Å². The van der Waals surface area contributed by atoms with E-state index < -0.39 is 14.6 Å². The minimum Gasteiger partial charge on any atom is -0.351 e. The topological polar surface area (TPSA) is 75.3 Å². The summed E-state index contributed by atoms with van der Waals surface area (Å²) < 4.78 is 25.0. The Hall–Kier alpha value is -0.820. The largest absolute Gasteiger partial charge is 0.351 e. The van der Waals surface area contributed by atoms with Crippen molar-refractivity contribution in [2.24, 2.45) is 0 Å². The third kappa shape index (κ3) is 3.43. The number of carbonyl (C=O) groups is 1. The summed E-state index contributed by atoms with van der Waals surface area (Å²) in [6.45, 7) is 1.55. The molecular formula is C16H22Cl2N2O3S. The average molecular weight is 393 g/mol. The summed E-state index contributed by atoms with van der Waals surface area (Å²) in [6.07, 6.45) is 3.10. The van der Waals surface area contributed by atoms with Gasteiger partial charge in [-0.2, -0.15) is 0 Å². The number of hydrogen-bond acceptors (Lipinski definition) is 4. The molecule has 1 heterocycles. The van der Waals surface area contributed by atoms with Crippen LogP contribution in [0.25, 0.3) is 0 Å². The third-order valence-electron chi connectivity index (χ3n) is 4.86. The van der Waals surface area contributed by atoms with Crippen LogP contribution < -0.4 is 10.6 Å². The van der Waals surface area contributed by atoms with Crippen molar-refractivity contribution in [2.75, 3.05) is 13.1 Å². The van der Waals surface area contributed by atoms with Crippen LogP contribution in [-0.2, 0) is 14.6 Å². The average Bonchev–Trinajstić information content (AvgIpc) is 3.19. The minimum atomic E-state index is -3.75. The van der Waals surface area contributed by atoms with E-state index in [0.29, 0.717) is 24.4 Å². The van der Waals surface area contributed by atoms with Crippen molar-refractivity contribution < 1.29 is 13.2 Å². The number of amides is 1. The molecule has 1 aromatic carbocycles. The molecular weight excluding hydrogens is 371 g/mol. The van der Waals surface area contributed by atoms with Crippen LogP contribution in [-0.4, -0.2) is 38.2 Å². The predicted molar refractivity (Wildman–Crippen MR) is 96.5 cm³/mol. The van der Waals surface area contributed by atoms with E-state index in [0.717, 1.165) is 25.8 Å². The summed E-state index contributed by atoms with van der Waals surface area (Å²) in [5.41, 5.74) is 0. The van der Waals surface area contributed by atoms with Crippen molar-refractivity contribution in [1.29, 1.82) is 0 Å². The van der Waals surface area contributed by atoms with Gasteiger partial charge in [-0.1, -0.05) is 24.4 Å². The van der Waals surface area contributed by atoms with Crippen LogP contribution in [0.4, 0.5) is 0 Å². The number of rotatable bonds is 4. The van der Waals surface area contributed by atoms with Crippen molar-refractivity contribution in [3.05, 3.63) is 29.3 Å². The first-order valence-corrected chi connectivity index (χ1v) is 9.84. The molecule has 2 fully saturated rings. The van der Waals surface area contributed by atoms with Gasteiger partial charge in [-0.05, 0) is 50.1 Å². The maximum Gasteiger partial charge on any atom is 0.242 e. The number of sulfone groups is 1. The molecule has 8 heteroatoms. The van der Waals surface area contributed by atoms with Crippen molar-refractivity contribution in [2.45, 2.75) is 47.8 Å². The van der Waals surface area contributed by atoms with E-state index >= 15 is 0 Å². The van der Waals surface area contributed by atoms with Gasteiger partial charge in [-0.3, -0.25) is 4.79 Å². The molecule has 0 radical (unpaired) electrons. The molecule has 3 rings (SSSR count). The Bertz CT molecular complexity index is 680. The maximum absolute atomic E-state index is 13.2. The van der Waals surface area contributed by atoms with Gasteiger partial charge < -0.3 is 10.6 Å². The molecule has 0 aromatic heterocycles. The summed E-state index contributed by atoms with van der Waals surface area (Å²) in [5, 5.41) is 6.60. The molecule has 2 N–H and O–H groups in total. The Morgan fingerprint density at radius 2 is 1.83 bits per heavy atom. The molecule has 5 nitrogen and oxygen atoms in total. The molecule has 0 bridgehead atoms. The Morgan fingerprint density at radius 1 is 1.21 bits per heavy atom. The molecule has 0 spiro atoms. The SMILES string of the molecule is Cl.O=C(NC1CCNC1)C1(S(=O)(=O)c2ccc(Cl)cc2)CCCC1. The van der Waals surface area contributed by atoms with Gasteiger partial charge in [0.2, 0.25) is 5.91 Å². The van der Waals surface area contributed by atoms with Crippen LogP contribution in [0.1, 0.15) is 32.1 Å². The Kier molecular flexibility index (Phi) is 6.18. The van der Waals surface area contributed by atoms with E-state index in [2.05, 4.69) is 10.6 Å². The van der Waals surface area contributed by atoms with Gasteiger partial charge in [0.05, 0.1) is 4.90 Å². The van der Waals surface area contributed by atoms with E-state index in [4.69, 9.17) is 11.6 Å². The smallest absolute Gasteiger partial charge is 0.242 e. The summed E-state index contributed by atoms with van der Waals surface area (Å²) in [4.78, 5) is 13.0. The zero-order chi connectivity index (χ0) is 16.5. The molecule has 1 aliphatic heterocycles. The van der Waals surface area contributed by atoms with Crippen molar-refractivity contribution in [3.8, 4) is 0 Å². The van der Waals surface area contributed by atoms with Gasteiger partial charge in [0, 0.05) is 17.6 Å². The van der Waals surface area contributed by atoms with Crippen molar-refractivity contribution in [1.82, 2.24) is 10.6 Å². The monoisotopic (exact) mass is 392 g/mol. The third-order valence-corrected chi connectivity index (χ3v) is 7.63. The van der Waals surface area contributed by atoms with Crippen LogP contribution in [0.5, 0.6) is 0 Å². The number of carbonyl (C=O) groups excluding carboxylic acids is 1. The van der Waals surface area contributed by atoms with Crippen LogP contribution in [0.3, 0.4) is 0 Å². The zero-order valence-electron chi connectivity index (χ0n) is 13.3. The normalized spacial score (nSPS) is 22.8. The van der Waals surface area contributed by atoms with Crippen molar-refractivity contribution >= 4 is 39.8 Å². The molecule has 1 aromatic rings. The van der Waals surface area contributed by atoms with Gasteiger partial charge in [-0.25, -0.2) is 8.42 Å². The van der Waals surface area contributed by atoms with Gasteiger partial charge in [-0.15, -0.1) is 12.4 Å². The first-order chi connectivity index (χ1) is 11.0. The van der Waals surface area contributed by atoms with Crippen LogP contribution >= 0.6 is 24.0 Å². The number of benzene rings is 1. The molecule has 1 atom stereocenters. The highest BCUT2D eigenvalue weighted by Crippen LogP contribution is 2.41. The predicted octanol–water partition coefficient (Wildman–Crippen LogP) is 2.33. The maximum atomic E-state index is 13.2. The Labute approximate surface area is 153 Å². The summed E-state index contributed by atoms with van der Waals surface area (Å²) in [7, 11) is -3.75. The number of hydrogen-bond donors (Lipinski definition) is 2. The van der Waals surface area contributed by atoms with E-state index in [-0.39, 0.29) is 29.3 Å². The first-order valence-electron chi connectivity index (χ1n) is 7.98. The molecule has 2 aliphatic rings. The minimum absolute atomic E-state index is 0. The summed E-state index contributed by atoms with van der Waals surface area (Å²) in [6, 6.07) is 6.09. The zero-order valence-corrected chi connectivity index (χ0v) is 15.6. The lowest BCUT2D eigenvalue weighted by atomic mass is 10.1. The van der Waals surface area contributed by atoms with E-state index in [1.165, 1.54) is 12.1 Å². The van der Waals surface area contributed by atoms with Gasteiger partial charge in [0.1, 0.15) is 0 Å². The second-order valence-electron chi connectivity index (χ2n) is 6.32. The molecule has 134 valence electrons. The lowest BCUT2D eigenvalue weighted by Gasteiger charge is -2.29. The molecule has 1 saturated heterocycles. The van der Waals surface area contributed by atoms with E-state index in [1.54, 1.807) is 12.1 Å². The lowest BCUT2D eigenvalue weighted by molar-refractivity contribution is -0.124. The molecule has 24 heavy (non-hydrogen) atoms. The van der Waals surface area contributed by atoms with E-state index in [9.17, 15) is 13.2 Å². The molecule has 1 unspecified atom stereocenters. The van der Waals surface area contributed by atoms with Gasteiger partial charge in [0.15, 0.2) is 14.6 Å². The standard InChI is InChI=1S/C16H21ClN2O3S.ClH/c17-12-3-5-14(6-4-12)23(21,22)16(8-1-2-9-16)15(20)19-13-7-10-18-11-13;/h3-6,13,18H,1-2,7-11H2,(H,19,20);1H. The lowest BCUT2D eigenvalue weighted by Crippen LogP contribution is -2.53. The highest BCUT2D eigenvalue weighted by molar-refractivity contribution is 7.93. The number of halogens is 2. The molecule has 1 saturated carbocycles. The van der Waals surface area contributed by atoms with Crippen molar-refractivity contribution in [3.63, 3.8) is 0 Å². The first kappa shape index (κ1) is 19.5. The highest BCUT2D eigenvalue weighted by atomic mass is 35.5. The molecule has 1 amide bonds. The second kappa shape index (κ2) is 7.60. The summed E-state index contributed by atoms with van der Waals surface area (Å²) >= 11 is 5.85. The van der Waals surface area contributed by atoms with Crippen LogP contribution in [0, 0.1) is 0 Å². The van der Waals surface area contributed by atoms with Crippen LogP contribution in [0.15, 0.2) is 29.2 Å². The Morgan fingerprint density at radius 3 is 2.38 bits per heavy atom. The van der Waals surface area contributed by atoms with E-state index in [1.807, 2.05) is 0 Å². The molecule has 1 aliphatic carbocycles. The van der Waals surface area contributed by atoms with Gasteiger partial charge >= 0.3 is 0 Å². The highest BCUT2D eigenvalue weighted by Gasteiger charge is 2.53. The fourth-order valence-electron chi connectivity index (χ4n) is 3.50. The fourth-order valence-corrected chi connectivity index (χ4v) is 5.70. The second-order valence-corrected chi connectivity index (χ2v) is 9.02. The Balaban J connectivity index is 0.00000208. The quantitative estimate of drug-likeness (QED) is 0.824. The summed E-state index contributed by atoms with van der Waals surface area (Å²) in [5.74, 6) is -0.348. The van der Waals surface area contributed by atoms with Gasteiger partial charge in [0.25, 0.3) is 0 Å².